The Bertz CT molecular complexity index is 1350. The second-order valence-electron chi connectivity index (χ2n) is 8.05. The summed E-state index contributed by atoms with van der Waals surface area (Å²) in [7, 11) is 3.12. The van der Waals surface area contributed by atoms with Gasteiger partial charge in [-0.15, -0.1) is 0 Å². The fraction of sp³-hybridized carbons (Fsp3) is 0.222. The number of aromatic nitrogens is 1. The third-order valence-electron chi connectivity index (χ3n) is 5.15. The molecule has 0 spiro atoms. The number of rotatable bonds is 9. The van der Waals surface area contributed by atoms with Gasteiger partial charge in [0.05, 0.1) is 42.2 Å². The molecule has 1 heterocycles. The standard InChI is InChI=1S/C27H25N3O5S/c1-16(2)34-19-11-7-18(8-12-19)25(35-20-9-5-17(15-28)6-10-20)26(31)30-27-29-21-13-22(32-3)23(33-4)14-24(21)36-27/h5-14,16,25H,1-4H3,(H,29,30,31). The summed E-state index contributed by atoms with van der Waals surface area (Å²) in [5, 5.41) is 12.4. The first-order valence-corrected chi connectivity index (χ1v) is 12.0. The zero-order valence-electron chi connectivity index (χ0n) is 20.3. The fourth-order valence-electron chi connectivity index (χ4n) is 3.49. The number of carbonyl (C=O) groups excluding carboxylic acids is 1. The third-order valence-corrected chi connectivity index (χ3v) is 6.09. The van der Waals surface area contributed by atoms with E-state index in [9.17, 15) is 4.79 Å². The van der Waals surface area contributed by atoms with Crippen molar-refractivity contribution in [2.24, 2.45) is 0 Å². The molecule has 0 saturated heterocycles. The van der Waals surface area contributed by atoms with Gasteiger partial charge >= 0.3 is 0 Å². The van der Waals surface area contributed by atoms with Crippen molar-refractivity contribution < 1.29 is 23.7 Å². The first-order chi connectivity index (χ1) is 17.4. The predicted molar refractivity (Wildman–Crippen MR) is 138 cm³/mol. The topological polar surface area (TPSA) is 103 Å². The van der Waals surface area contributed by atoms with E-state index in [2.05, 4.69) is 16.4 Å². The average molecular weight is 504 g/mol. The van der Waals surface area contributed by atoms with E-state index >= 15 is 0 Å². The largest absolute Gasteiger partial charge is 0.493 e. The second kappa shape index (κ2) is 11.0. The van der Waals surface area contributed by atoms with Gasteiger partial charge in [-0.1, -0.05) is 23.5 Å². The number of amides is 1. The van der Waals surface area contributed by atoms with E-state index in [1.54, 1.807) is 68.8 Å². The molecule has 1 amide bonds. The lowest BCUT2D eigenvalue weighted by Gasteiger charge is -2.19. The van der Waals surface area contributed by atoms with Gasteiger partial charge in [-0.05, 0) is 50.2 Å². The maximum Gasteiger partial charge on any atom is 0.271 e. The Labute approximate surface area is 213 Å². The maximum atomic E-state index is 13.4. The molecule has 184 valence electrons. The molecule has 1 aromatic heterocycles. The van der Waals surface area contributed by atoms with Crippen LogP contribution >= 0.6 is 11.3 Å². The molecule has 0 saturated carbocycles. The highest BCUT2D eigenvalue weighted by atomic mass is 32.1. The molecule has 0 aliphatic heterocycles. The normalized spacial score (nSPS) is 11.6. The Morgan fingerprint density at radius 3 is 2.17 bits per heavy atom. The maximum absolute atomic E-state index is 13.4. The van der Waals surface area contributed by atoms with Gasteiger partial charge in [0.25, 0.3) is 5.91 Å². The number of nitriles is 1. The van der Waals surface area contributed by atoms with Gasteiger partial charge < -0.3 is 18.9 Å². The highest BCUT2D eigenvalue weighted by Gasteiger charge is 2.25. The summed E-state index contributed by atoms with van der Waals surface area (Å²) in [5.41, 5.74) is 1.81. The number of carbonyl (C=O) groups is 1. The number of fused-ring (bicyclic) bond motifs is 1. The van der Waals surface area contributed by atoms with Crippen LogP contribution in [-0.2, 0) is 4.79 Å². The molecule has 4 rings (SSSR count). The number of hydrogen-bond donors (Lipinski definition) is 1. The molecular weight excluding hydrogens is 478 g/mol. The van der Waals surface area contributed by atoms with Crippen LogP contribution in [0, 0.1) is 11.3 Å². The van der Waals surface area contributed by atoms with Gasteiger partial charge in [0, 0.05) is 17.7 Å². The minimum absolute atomic E-state index is 0.0288. The lowest BCUT2D eigenvalue weighted by molar-refractivity contribution is -0.123. The van der Waals surface area contributed by atoms with Crippen molar-refractivity contribution in [3.8, 4) is 29.1 Å². The number of benzene rings is 3. The van der Waals surface area contributed by atoms with Crippen molar-refractivity contribution >= 4 is 32.6 Å². The second-order valence-corrected chi connectivity index (χ2v) is 9.08. The molecule has 4 aromatic rings. The van der Waals surface area contributed by atoms with Gasteiger partial charge in [0.2, 0.25) is 6.10 Å². The number of nitrogens with zero attached hydrogens (tertiary/aromatic N) is 2. The minimum atomic E-state index is -0.970. The molecule has 1 atom stereocenters. The summed E-state index contributed by atoms with van der Waals surface area (Å²) >= 11 is 1.32. The predicted octanol–water partition coefficient (Wildman–Crippen LogP) is 5.73. The number of hydrogen-bond acceptors (Lipinski definition) is 8. The third kappa shape index (κ3) is 5.67. The quantitative estimate of drug-likeness (QED) is 0.311. The summed E-state index contributed by atoms with van der Waals surface area (Å²) in [6.45, 7) is 3.89. The van der Waals surface area contributed by atoms with Crippen LogP contribution in [-0.4, -0.2) is 31.2 Å². The van der Waals surface area contributed by atoms with Crippen LogP contribution in [0.1, 0.15) is 31.1 Å². The highest BCUT2D eigenvalue weighted by Crippen LogP contribution is 2.36. The zero-order chi connectivity index (χ0) is 25.7. The molecule has 0 fully saturated rings. The smallest absolute Gasteiger partial charge is 0.271 e. The highest BCUT2D eigenvalue weighted by molar-refractivity contribution is 7.22. The van der Waals surface area contributed by atoms with Crippen molar-refractivity contribution in [2.45, 2.75) is 26.1 Å². The molecule has 0 aliphatic carbocycles. The van der Waals surface area contributed by atoms with E-state index in [-0.39, 0.29) is 6.10 Å². The van der Waals surface area contributed by atoms with Gasteiger partial charge in [-0.25, -0.2) is 4.98 Å². The molecule has 0 aliphatic rings. The Kier molecular flexibility index (Phi) is 7.56. The molecular formula is C27H25N3O5S. The van der Waals surface area contributed by atoms with Crippen LogP contribution in [0.4, 0.5) is 5.13 Å². The number of anilines is 1. The SMILES string of the molecule is COc1cc2nc(NC(=O)C(Oc3ccc(C#N)cc3)c3ccc(OC(C)C)cc3)sc2cc1OC. The first-order valence-electron chi connectivity index (χ1n) is 11.2. The number of methoxy groups -OCH3 is 2. The molecule has 36 heavy (non-hydrogen) atoms. The van der Waals surface area contributed by atoms with Crippen molar-refractivity contribution in [3.05, 3.63) is 71.8 Å². The van der Waals surface area contributed by atoms with Crippen molar-refractivity contribution in [1.29, 1.82) is 5.26 Å². The molecule has 1 unspecified atom stereocenters. The number of nitrogens with one attached hydrogen (secondary N) is 1. The van der Waals surface area contributed by atoms with Gasteiger partial charge in [-0.3, -0.25) is 10.1 Å². The van der Waals surface area contributed by atoms with Crippen LogP contribution in [0.2, 0.25) is 0 Å². The van der Waals surface area contributed by atoms with Gasteiger partial charge in [0.15, 0.2) is 16.6 Å². The summed E-state index contributed by atoms with van der Waals surface area (Å²) in [4.78, 5) is 18.0. The Balaban J connectivity index is 1.62. The van der Waals surface area contributed by atoms with E-state index < -0.39 is 12.0 Å². The van der Waals surface area contributed by atoms with Crippen molar-refractivity contribution in [1.82, 2.24) is 4.98 Å². The minimum Gasteiger partial charge on any atom is -0.493 e. The number of ether oxygens (including phenoxy) is 4. The Morgan fingerprint density at radius 2 is 1.56 bits per heavy atom. The van der Waals surface area contributed by atoms with Gasteiger partial charge in [0.1, 0.15) is 11.5 Å². The van der Waals surface area contributed by atoms with E-state index in [1.165, 1.54) is 11.3 Å². The van der Waals surface area contributed by atoms with Crippen LogP contribution < -0.4 is 24.3 Å². The number of thiazole rings is 1. The van der Waals surface area contributed by atoms with Crippen LogP contribution in [0.5, 0.6) is 23.0 Å². The lowest BCUT2D eigenvalue weighted by atomic mass is 10.1. The molecule has 9 heteroatoms. The fourth-order valence-corrected chi connectivity index (χ4v) is 4.37. The Morgan fingerprint density at radius 1 is 0.944 bits per heavy atom. The summed E-state index contributed by atoms with van der Waals surface area (Å²) in [5.74, 6) is 1.89. The van der Waals surface area contributed by atoms with Gasteiger partial charge in [-0.2, -0.15) is 5.26 Å². The molecule has 0 radical (unpaired) electrons. The Hall–Kier alpha value is -4.29. The van der Waals surface area contributed by atoms with Crippen LogP contribution in [0.15, 0.2) is 60.7 Å². The average Bonchev–Trinajstić information content (AvgIpc) is 3.27. The van der Waals surface area contributed by atoms with Crippen LogP contribution in [0.25, 0.3) is 10.2 Å². The summed E-state index contributed by atoms with van der Waals surface area (Å²) in [6.07, 6.45) is -0.941. The summed E-state index contributed by atoms with van der Waals surface area (Å²) < 4.78 is 23.3. The zero-order valence-corrected chi connectivity index (χ0v) is 21.1. The van der Waals surface area contributed by atoms with E-state index in [1.807, 2.05) is 19.9 Å². The van der Waals surface area contributed by atoms with E-state index in [4.69, 9.17) is 24.2 Å². The van der Waals surface area contributed by atoms with Crippen LogP contribution in [0.3, 0.4) is 0 Å². The monoisotopic (exact) mass is 503 g/mol. The molecule has 3 aromatic carbocycles. The first kappa shape index (κ1) is 24.8. The van der Waals surface area contributed by atoms with Crippen molar-refractivity contribution in [3.63, 3.8) is 0 Å². The molecule has 1 N–H and O–H groups in total. The van der Waals surface area contributed by atoms with E-state index in [0.29, 0.717) is 44.8 Å². The molecule has 0 bridgehead atoms. The van der Waals surface area contributed by atoms with Crippen molar-refractivity contribution in [2.75, 3.05) is 19.5 Å². The summed E-state index contributed by atoms with van der Waals surface area (Å²) in [6, 6.07) is 19.4. The molecule has 8 nitrogen and oxygen atoms in total. The lowest BCUT2D eigenvalue weighted by Crippen LogP contribution is -2.25. The van der Waals surface area contributed by atoms with E-state index in [0.717, 1.165) is 4.70 Å².